The van der Waals surface area contributed by atoms with E-state index in [1.54, 1.807) is 0 Å². The van der Waals surface area contributed by atoms with Gasteiger partial charge in [0.05, 0.1) is 8.07 Å². The Kier molecular flexibility index (Phi) is 9.87. The fraction of sp³-hybridized carbons (Fsp3) is 0.583. The maximum Gasteiger partial charge on any atom is 0.219 e. The van der Waals surface area contributed by atoms with Crippen LogP contribution in [0.5, 0.6) is 0 Å². The lowest BCUT2D eigenvalue weighted by Gasteiger charge is -2.27. The average Bonchev–Trinajstić information content (AvgIpc) is 2.61. The van der Waals surface area contributed by atoms with Crippen molar-refractivity contribution in [1.82, 2.24) is 0 Å². The molecule has 0 unspecified atom stereocenters. The van der Waals surface area contributed by atoms with Crippen LogP contribution in [0.25, 0.3) is 0 Å². The maximum absolute atomic E-state index is 12.8. The van der Waals surface area contributed by atoms with Crippen LogP contribution in [-0.2, 0) is 9.59 Å². The number of ketones is 2. The zero-order valence-corrected chi connectivity index (χ0v) is 19.7. The Hall–Kier alpha value is -1.68. The molecule has 0 aromatic rings. The molecular formula is C24H38O3Si. The van der Waals surface area contributed by atoms with Crippen LogP contribution in [0.2, 0.25) is 19.1 Å². The fourth-order valence-corrected chi connectivity index (χ4v) is 6.12. The zero-order valence-electron chi connectivity index (χ0n) is 18.7. The Labute approximate surface area is 172 Å². The predicted octanol–water partition coefficient (Wildman–Crippen LogP) is 6.79. The number of rotatable bonds is 11. The van der Waals surface area contributed by atoms with E-state index >= 15 is 0 Å². The van der Waals surface area contributed by atoms with E-state index in [1.807, 2.05) is 13.0 Å². The molecular weight excluding hydrogens is 364 g/mol. The summed E-state index contributed by atoms with van der Waals surface area (Å²) in [5, 5.41) is 11.0. The van der Waals surface area contributed by atoms with Crippen molar-refractivity contribution in [2.45, 2.75) is 91.8 Å². The summed E-state index contributed by atoms with van der Waals surface area (Å²) in [6.45, 7) is 12.6. The molecule has 0 radical (unpaired) electrons. The Morgan fingerprint density at radius 2 is 1.75 bits per heavy atom. The van der Waals surface area contributed by atoms with Gasteiger partial charge >= 0.3 is 0 Å². The first-order chi connectivity index (χ1) is 13.1. The van der Waals surface area contributed by atoms with E-state index in [4.69, 9.17) is 0 Å². The van der Waals surface area contributed by atoms with E-state index in [0.29, 0.717) is 11.6 Å². The fourth-order valence-electron chi connectivity index (χ4n) is 3.46. The van der Waals surface area contributed by atoms with E-state index in [9.17, 15) is 14.7 Å². The van der Waals surface area contributed by atoms with Crippen LogP contribution in [-0.4, -0.2) is 24.7 Å². The van der Waals surface area contributed by atoms with Crippen LogP contribution >= 0.6 is 0 Å². The number of carbonyl (C=O) groups is 2. The standard InChI is InChI=1S/C24H38O3Si/c1-7-8-9-10-16-28(5,6)22-17-21(25)20(23(26)24(22)27)15-14-19(4)13-11-12-18(2)3/h12,14,17,26H,7-11,13,15-16H2,1-6H3/b19-14+. The second-order valence-corrected chi connectivity index (χ2v) is 13.7. The van der Waals surface area contributed by atoms with Gasteiger partial charge in [-0.2, -0.15) is 0 Å². The molecule has 4 heteroatoms. The number of unbranched alkanes of at least 4 members (excludes halogenated alkanes) is 3. The van der Waals surface area contributed by atoms with Crippen LogP contribution in [0, 0.1) is 0 Å². The van der Waals surface area contributed by atoms with Gasteiger partial charge in [0.25, 0.3) is 0 Å². The summed E-state index contributed by atoms with van der Waals surface area (Å²) < 4.78 is 0. The topological polar surface area (TPSA) is 54.4 Å². The molecule has 0 bridgehead atoms. The quantitative estimate of drug-likeness (QED) is 0.179. The SMILES string of the molecule is CCCCCC[Si](C)(C)C1=CC(=O)C(C/C=C(\C)CCC=C(C)C)=C(O)C1=O. The molecule has 0 saturated carbocycles. The van der Waals surface area contributed by atoms with Crippen LogP contribution in [0.4, 0.5) is 0 Å². The highest BCUT2D eigenvalue weighted by Crippen LogP contribution is 2.30. The Morgan fingerprint density at radius 3 is 2.36 bits per heavy atom. The molecule has 0 aromatic heterocycles. The minimum Gasteiger partial charge on any atom is -0.504 e. The molecule has 0 saturated heterocycles. The minimum atomic E-state index is -2.03. The van der Waals surface area contributed by atoms with Gasteiger partial charge in [0.15, 0.2) is 11.5 Å². The van der Waals surface area contributed by atoms with E-state index in [2.05, 4.69) is 39.9 Å². The predicted molar refractivity (Wildman–Crippen MR) is 121 cm³/mol. The van der Waals surface area contributed by atoms with E-state index in [-0.39, 0.29) is 22.9 Å². The van der Waals surface area contributed by atoms with Crippen LogP contribution in [0.1, 0.15) is 72.6 Å². The number of allylic oxidation sites excluding steroid dienone is 7. The minimum absolute atomic E-state index is 0.199. The lowest BCUT2D eigenvalue weighted by Crippen LogP contribution is -2.37. The largest absolute Gasteiger partial charge is 0.504 e. The van der Waals surface area contributed by atoms with Gasteiger partial charge in [0, 0.05) is 5.57 Å². The molecule has 156 valence electrons. The number of Topliss-reactive ketones (excluding diaryl/α,β-unsaturated/α-hetero) is 1. The van der Waals surface area contributed by atoms with Crippen molar-refractivity contribution in [3.63, 3.8) is 0 Å². The lowest BCUT2D eigenvalue weighted by atomic mass is 9.97. The van der Waals surface area contributed by atoms with Crippen LogP contribution < -0.4 is 0 Å². The highest BCUT2D eigenvalue weighted by molar-refractivity contribution is 6.89. The molecule has 1 rings (SSSR count). The van der Waals surface area contributed by atoms with Crippen molar-refractivity contribution in [2.24, 2.45) is 0 Å². The number of hydrogen-bond donors (Lipinski definition) is 1. The number of hydrogen-bond acceptors (Lipinski definition) is 3. The van der Waals surface area contributed by atoms with Gasteiger partial charge in [-0.15, -0.1) is 0 Å². The van der Waals surface area contributed by atoms with Gasteiger partial charge in [-0.3, -0.25) is 9.59 Å². The molecule has 0 fully saturated rings. The lowest BCUT2D eigenvalue weighted by molar-refractivity contribution is -0.117. The Balaban J connectivity index is 2.83. The molecule has 1 aliphatic carbocycles. The molecule has 0 heterocycles. The second kappa shape index (κ2) is 11.4. The molecule has 28 heavy (non-hydrogen) atoms. The van der Waals surface area contributed by atoms with Gasteiger partial charge in [0.1, 0.15) is 0 Å². The van der Waals surface area contributed by atoms with Crippen molar-refractivity contribution < 1.29 is 14.7 Å². The molecule has 1 aliphatic rings. The smallest absolute Gasteiger partial charge is 0.219 e. The molecule has 0 aliphatic heterocycles. The van der Waals surface area contributed by atoms with E-state index in [1.165, 1.54) is 30.1 Å². The highest BCUT2D eigenvalue weighted by Gasteiger charge is 2.37. The van der Waals surface area contributed by atoms with Gasteiger partial charge in [-0.1, -0.05) is 75.0 Å². The van der Waals surface area contributed by atoms with Crippen LogP contribution in [0.15, 0.2) is 45.9 Å². The summed E-state index contributed by atoms with van der Waals surface area (Å²) >= 11 is 0. The normalized spacial score (nSPS) is 15.8. The first-order valence-corrected chi connectivity index (χ1v) is 13.8. The molecule has 0 spiro atoms. The third-order valence-corrected chi connectivity index (χ3v) is 8.88. The molecule has 0 atom stereocenters. The van der Waals surface area contributed by atoms with Crippen molar-refractivity contribution in [3.8, 4) is 0 Å². The zero-order chi connectivity index (χ0) is 21.3. The van der Waals surface area contributed by atoms with Crippen molar-refractivity contribution in [2.75, 3.05) is 0 Å². The summed E-state index contributed by atoms with van der Waals surface area (Å²) in [5.74, 6) is -0.850. The maximum atomic E-state index is 12.8. The number of aliphatic hydroxyl groups is 1. The number of aliphatic hydroxyl groups excluding tert-OH is 1. The Morgan fingerprint density at radius 1 is 1.07 bits per heavy atom. The summed E-state index contributed by atoms with van der Waals surface area (Å²) in [5.41, 5.74) is 2.70. The summed E-state index contributed by atoms with van der Waals surface area (Å²) in [6, 6.07) is 0.976. The van der Waals surface area contributed by atoms with E-state index < -0.39 is 8.07 Å². The number of carbonyl (C=O) groups excluding carboxylic acids is 2. The third kappa shape index (κ3) is 7.38. The van der Waals surface area contributed by atoms with Crippen LogP contribution in [0.3, 0.4) is 0 Å². The Bertz CT molecular complexity index is 701. The van der Waals surface area contributed by atoms with Crippen molar-refractivity contribution >= 4 is 19.6 Å². The first-order valence-electron chi connectivity index (χ1n) is 10.6. The van der Waals surface area contributed by atoms with Gasteiger partial charge in [-0.05, 0) is 51.3 Å². The molecule has 1 N–H and O–H groups in total. The van der Waals surface area contributed by atoms with Crippen molar-refractivity contribution in [1.29, 1.82) is 0 Å². The summed E-state index contributed by atoms with van der Waals surface area (Å²) in [4.78, 5) is 25.4. The van der Waals surface area contributed by atoms with Gasteiger partial charge in [-0.25, -0.2) is 0 Å². The third-order valence-electron chi connectivity index (χ3n) is 5.45. The van der Waals surface area contributed by atoms with Gasteiger partial charge in [0.2, 0.25) is 5.78 Å². The van der Waals surface area contributed by atoms with E-state index in [0.717, 1.165) is 31.7 Å². The first kappa shape index (κ1) is 24.4. The van der Waals surface area contributed by atoms with Gasteiger partial charge < -0.3 is 5.11 Å². The monoisotopic (exact) mass is 402 g/mol. The second-order valence-electron chi connectivity index (χ2n) is 8.85. The molecule has 0 amide bonds. The average molecular weight is 403 g/mol. The molecule has 0 aromatic carbocycles. The highest BCUT2D eigenvalue weighted by atomic mass is 28.3. The summed E-state index contributed by atoms with van der Waals surface area (Å²) in [6.07, 6.45) is 12.5. The van der Waals surface area contributed by atoms with Crippen molar-refractivity contribution in [3.05, 3.63) is 45.9 Å². The summed E-state index contributed by atoms with van der Waals surface area (Å²) in [7, 11) is -2.03. The molecule has 3 nitrogen and oxygen atoms in total.